The second-order valence-electron chi connectivity index (χ2n) is 4.33. The van der Waals surface area contributed by atoms with Crippen LogP contribution in [0.2, 0.25) is 0 Å². The first-order valence-corrected chi connectivity index (χ1v) is 6.69. The Morgan fingerprint density at radius 1 is 1.47 bits per heavy atom. The highest BCUT2D eigenvalue weighted by molar-refractivity contribution is 7.09. The zero-order chi connectivity index (χ0) is 13.7. The average Bonchev–Trinajstić information content (AvgIpc) is 2.90. The van der Waals surface area contributed by atoms with Gasteiger partial charge in [0.2, 0.25) is 0 Å². The summed E-state index contributed by atoms with van der Waals surface area (Å²) in [5, 5.41) is 11.7. The highest BCUT2D eigenvalue weighted by atomic mass is 32.1. The highest BCUT2D eigenvalue weighted by Gasteiger charge is 2.05. The van der Waals surface area contributed by atoms with E-state index in [1.807, 2.05) is 36.0 Å². The smallest absolute Gasteiger partial charge is 0.170 e. The van der Waals surface area contributed by atoms with Crippen molar-refractivity contribution in [1.82, 2.24) is 9.88 Å². The predicted octanol–water partition coefficient (Wildman–Crippen LogP) is 1.87. The zero-order valence-electron chi connectivity index (χ0n) is 10.7. The van der Waals surface area contributed by atoms with Crippen molar-refractivity contribution in [1.29, 1.82) is 0 Å². The topological polar surface area (TPSA) is 74.7 Å². The van der Waals surface area contributed by atoms with Gasteiger partial charge in [-0.25, -0.2) is 0 Å². The van der Waals surface area contributed by atoms with E-state index in [0.29, 0.717) is 0 Å². The molecule has 100 valence electrons. The van der Waals surface area contributed by atoms with Crippen molar-refractivity contribution in [2.45, 2.75) is 13.1 Å². The number of benzene rings is 1. The lowest BCUT2D eigenvalue weighted by Crippen LogP contribution is -2.18. The van der Waals surface area contributed by atoms with E-state index in [9.17, 15) is 0 Å². The van der Waals surface area contributed by atoms with Gasteiger partial charge in [0.15, 0.2) is 5.84 Å². The number of nitrogens with two attached hydrogens (primary N) is 1. The fraction of sp³-hybridized carbons (Fsp3) is 0.231. The molecule has 1 aromatic carbocycles. The van der Waals surface area contributed by atoms with Crippen LogP contribution < -0.4 is 5.73 Å². The van der Waals surface area contributed by atoms with Crippen LogP contribution in [0.3, 0.4) is 0 Å². The molecule has 3 N–H and O–H groups in total. The predicted molar refractivity (Wildman–Crippen MR) is 76.2 cm³/mol. The molecule has 2 aromatic rings. The van der Waals surface area contributed by atoms with Gasteiger partial charge in [-0.1, -0.05) is 23.4 Å². The summed E-state index contributed by atoms with van der Waals surface area (Å²) in [6, 6.07) is 7.68. The van der Waals surface area contributed by atoms with Crippen LogP contribution in [0, 0.1) is 0 Å². The van der Waals surface area contributed by atoms with Crippen LogP contribution in [0.25, 0.3) is 0 Å². The van der Waals surface area contributed by atoms with Gasteiger partial charge >= 0.3 is 0 Å². The second-order valence-corrected chi connectivity index (χ2v) is 5.30. The van der Waals surface area contributed by atoms with Crippen molar-refractivity contribution in [2.24, 2.45) is 10.9 Å². The molecule has 5 nitrogen and oxygen atoms in total. The van der Waals surface area contributed by atoms with Gasteiger partial charge < -0.3 is 10.9 Å². The van der Waals surface area contributed by atoms with Crippen molar-refractivity contribution in [2.75, 3.05) is 7.05 Å². The molecule has 1 aromatic heterocycles. The molecule has 19 heavy (non-hydrogen) atoms. The van der Waals surface area contributed by atoms with E-state index in [1.54, 1.807) is 11.3 Å². The van der Waals surface area contributed by atoms with E-state index < -0.39 is 0 Å². The molecule has 0 atom stereocenters. The molecule has 0 aliphatic carbocycles. The van der Waals surface area contributed by atoms with Crippen LogP contribution >= 0.6 is 11.3 Å². The summed E-state index contributed by atoms with van der Waals surface area (Å²) >= 11 is 1.65. The lowest BCUT2D eigenvalue weighted by molar-refractivity contribution is 0.318. The van der Waals surface area contributed by atoms with Gasteiger partial charge in [0.05, 0.1) is 5.51 Å². The van der Waals surface area contributed by atoms with Gasteiger partial charge in [0, 0.05) is 29.7 Å². The molecule has 0 amide bonds. The molecule has 0 unspecified atom stereocenters. The normalized spacial score (nSPS) is 12.0. The molecular formula is C13H16N4OS. The van der Waals surface area contributed by atoms with Crippen LogP contribution in [0.5, 0.6) is 0 Å². The summed E-state index contributed by atoms with van der Waals surface area (Å²) in [4.78, 5) is 7.49. The number of aromatic nitrogens is 1. The molecule has 1 heterocycles. The molecule has 0 saturated carbocycles. The van der Waals surface area contributed by atoms with Gasteiger partial charge in [0.25, 0.3) is 0 Å². The molecule has 0 bridgehead atoms. The Morgan fingerprint density at radius 3 is 3.00 bits per heavy atom. The standard InChI is InChI=1S/C13H16N4OS/c1-17(8-12-6-15-9-19-12)7-10-3-2-4-11(5-10)13(14)16-18/h2-6,9,18H,7-8H2,1H3,(H2,14,16). The van der Waals surface area contributed by atoms with Crippen LogP contribution in [0.1, 0.15) is 16.0 Å². The number of oxime groups is 1. The van der Waals surface area contributed by atoms with Crippen LogP contribution in [0.15, 0.2) is 41.1 Å². The van der Waals surface area contributed by atoms with E-state index in [2.05, 4.69) is 22.1 Å². The van der Waals surface area contributed by atoms with Gasteiger partial charge in [-0.05, 0) is 18.7 Å². The third-order valence-electron chi connectivity index (χ3n) is 2.69. The minimum absolute atomic E-state index is 0.131. The molecule has 0 spiro atoms. The number of nitrogens with zero attached hydrogens (tertiary/aromatic N) is 3. The van der Waals surface area contributed by atoms with E-state index in [0.717, 1.165) is 24.2 Å². The molecule has 0 aliphatic heterocycles. The van der Waals surface area contributed by atoms with Crippen molar-refractivity contribution >= 4 is 17.2 Å². The summed E-state index contributed by atoms with van der Waals surface area (Å²) < 4.78 is 0. The van der Waals surface area contributed by atoms with Gasteiger partial charge in [-0.3, -0.25) is 9.88 Å². The molecule has 0 saturated heterocycles. The van der Waals surface area contributed by atoms with Crippen LogP contribution in [0.4, 0.5) is 0 Å². The quantitative estimate of drug-likeness (QED) is 0.378. The fourth-order valence-corrected chi connectivity index (χ4v) is 2.51. The Balaban J connectivity index is 2.02. The Labute approximate surface area is 116 Å². The molecule has 2 rings (SSSR count). The van der Waals surface area contributed by atoms with Gasteiger partial charge in [-0.15, -0.1) is 11.3 Å². The summed E-state index contributed by atoms with van der Waals surface area (Å²) in [7, 11) is 2.05. The van der Waals surface area contributed by atoms with E-state index in [-0.39, 0.29) is 5.84 Å². The molecule has 0 radical (unpaired) electrons. The minimum atomic E-state index is 0.131. The number of amidine groups is 1. The molecule has 6 heteroatoms. The SMILES string of the molecule is CN(Cc1cccc(/C(N)=N/O)c1)Cc1cncs1. The largest absolute Gasteiger partial charge is 0.409 e. The van der Waals surface area contributed by atoms with Crippen molar-refractivity contribution < 1.29 is 5.21 Å². The van der Waals surface area contributed by atoms with E-state index >= 15 is 0 Å². The third-order valence-corrected chi connectivity index (χ3v) is 3.46. The monoisotopic (exact) mass is 276 g/mol. The van der Waals surface area contributed by atoms with Gasteiger partial charge in [0.1, 0.15) is 0 Å². The molecule has 0 aliphatic rings. The Morgan fingerprint density at radius 2 is 2.32 bits per heavy atom. The molecular weight excluding hydrogens is 260 g/mol. The summed E-state index contributed by atoms with van der Waals surface area (Å²) in [5.74, 6) is 0.131. The Bertz CT molecular complexity index is 554. The first kappa shape index (κ1) is 13.5. The van der Waals surface area contributed by atoms with Crippen LogP contribution in [-0.4, -0.2) is 28.0 Å². The molecule has 0 fully saturated rings. The first-order valence-electron chi connectivity index (χ1n) is 5.82. The lowest BCUT2D eigenvalue weighted by atomic mass is 10.1. The highest BCUT2D eigenvalue weighted by Crippen LogP contribution is 2.12. The zero-order valence-corrected chi connectivity index (χ0v) is 11.5. The first-order chi connectivity index (χ1) is 9.19. The number of hydrogen-bond donors (Lipinski definition) is 2. The van der Waals surface area contributed by atoms with Gasteiger partial charge in [-0.2, -0.15) is 0 Å². The second kappa shape index (κ2) is 6.31. The van der Waals surface area contributed by atoms with E-state index in [4.69, 9.17) is 10.9 Å². The van der Waals surface area contributed by atoms with Crippen molar-refractivity contribution in [3.63, 3.8) is 0 Å². The summed E-state index contributed by atoms with van der Waals surface area (Å²) in [5.41, 5.74) is 9.27. The minimum Gasteiger partial charge on any atom is -0.409 e. The summed E-state index contributed by atoms with van der Waals surface area (Å²) in [6.07, 6.45) is 1.88. The van der Waals surface area contributed by atoms with Crippen LogP contribution in [-0.2, 0) is 13.1 Å². The number of rotatable bonds is 5. The van der Waals surface area contributed by atoms with Crippen molar-refractivity contribution in [3.8, 4) is 0 Å². The Hall–Kier alpha value is -1.92. The van der Waals surface area contributed by atoms with Crippen molar-refractivity contribution in [3.05, 3.63) is 52.0 Å². The Kier molecular flexibility index (Phi) is 4.48. The maximum absolute atomic E-state index is 8.68. The third kappa shape index (κ3) is 3.77. The van der Waals surface area contributed by atoms with E-state index in [1.165, 1.54) is 4.88 Å². The fourth-order valence-electron chi connectivity index (χ4n) is 1.84. The maximum atomic E-state index is 8.68. The average molecular weight is 276 g/mol. The maximum Gasteiger partial charge on any atom is 0.170 e. The lowest BCUT2D eigenvalue weighted by Gasteiger charge is -2.15. The number of thiazole rings is 1. The summed E-state index contributed by atoms with van der Waals surface area (Å²) in [6.45, 7) is 1.66. The number of hydrogen-bond acceptors (Lipinski definition) is 5.